The molecule has 35 heavy (non-hydrogen) atoms. The van der Waals surface area contributed by atoms with Crippen molar-refractivity contribution >= 4 is 12.1 Å². The number of benzene rings is 3. The molecule has 182 valence electrons. The average molecular weight is 476 g/mol. The summed E-state index contributed by atoms with van der Waals surface area (Å²) in [5.74, 6) is -2.67. The summed E-state index contributed by atoms with van der Waals surface area (Å²) in [6.07, 6.45) is -3.38. The number of carboxylic acid groups (broad SMARTS) is 2. The van der Waals surface area contributed by atoms with Crippen LogP contribution in [0, 0.1) is 5.92 Å². The van der Waals surface area contributed by atoms with Gasteiger partial charge in [-0.05, 0) is 29.5 Å². The molecule has 1 amide bonds. The van der Waals surface area contributed by atoms with E-state index in [0.29, 0.717) is 0 Å². The van der Waals surface area contributed by atoms with E-state index in [2.05, 4.69) is 0 Å². The lowest BCUT2D eigenvalue weighted by Crippen LogP contribution is -2.71. The molecule has 7 nitrogen and oxygen atoms in total. The fourth-order valence-corrected chi connectivity index (χ4v) is 5.12. The van der Waals surface area contributed by atoms with Crippen molar-refractivity contribution < 1.29 is 29.6 Å². The van der Waals surface area contributed by atoms with E-state index < -0.39 is 35.7 Å². The fraction of sp³-hybridized carbons (Fsp3) is 0.286. The second kappa shape index (κ2) is 10.7. The Bertz CT molecular complexity index is 1080. The molecule has 0 aliphatic carbocycles. The number of likely N-dealkylation sites (tertiary alicyclic amines) is 1. The summed E-state index contributed by atoms with van der Waals surface area (Å²) in [6, 6.07) is 27.7. The van der Waals surface area contributed by atoms with E-state index in [-0.39, 0.29) is 26.0 Å². The quantitative estimate of drug-likeness (QED) is 0.457. The lowest BCUT2D eigenvalue weighted by atomic mass is 9.67. The number of piperidine rings is 1. The van der Waals surface area contributed by atoms with Gasteiger partial charge in [0.1, 0.15) is 12.0 Å². The predicted molar refractivity (Wildman–Crippen MR) is 130 cm³/mol. The zero-order valence-electron chi connectivity index (χ0n) is 19.2. The Kier molecular flexibility index (Phi) is 7.48. The van der Waals surface area contributed by atoms with Crippen LogP contribution in [0.5, 0.6) is 0 Å². The lowest BCUT2D eigenvalue weighted by molar-refractivity contribution is -0.181. The van der Waals surface area contributed by atoms with Crippen LogP contribution in [0.15, 0.2) is 91.0 Å². The number of rotatable bonds is 8. The number of hydrogen-bond donors (Lipinski definition) is 3. The molecule has 0 saturated carbocycles. The van der Waals surface area contributed by atoms with Crippen molar-refractivity contribution in [3.05, 3.63) is 108 Å². The average Bonchev–Trinajstić information content (AvgIpc) is 2.85. The Morgan fingerprint density at radius 2 is 1.26 bits per heavy atom. The van der Waals surface area contributed by atoms with E-state index in [9.17, 15) is 24.9 Å². The van der Waals surface area contributed by atoms with Crippen LogP contribution in [0.4, 0.5) is 4.79 Å². The Balaban J connectivity index is 1.75. The molecule has 1 saturated heterocycles. The topological polar surface area (TPSA) is 107 Å². The van der Waals surface area contributed by atoms with Gasteiger partial charge in [0, 0.05) is 0 Å². The van der Waals surface area contributed by atoms with Gasteiger partial charge in [0.2, 0.25) is 0 Å². The molecule has 7 heteroatoms. The molecule has 3 atom stereocenters. The van der Waals surface area contributed by atoms with E-state index >= 15 is 0 Å². The third kappa shape index (κ3) is 5.37. The lowest BCUT2D eigenvalue weighted by Gasteiger charge is -2.53. The maximum Gasteiger partial charge on any atom is 0.407 e. The number of amides is 1. The van der Waals surface area contributed by atoms with Gasteiger partial charge in [0.25, 0.3) is 0 Å². The minimum absolute atomic E-state index is 0.132. The molecule has 3 aromatic rings. The van der Waals surface area contributed by atoms with Gasteiger partial charge in [-0.2, -0.15) is 0 Å². The number of hydrogen-bond acceptors (Lipinski definition) is 4. The van der Waals surface area contributed by atoms with Gasteiger partial charge in [-0.1, -0.05) is 91.0 Å². The molecule has 1 heterocycles. The maximum absolute atomic E-state index is 12.7. The first-order valence-electron chi connectivity index (χ1n) is 11.6. The summed E-state index contributed by atoms with van der Waals surface area (Å²) in [5, 5.41) is 32.0. The highest BCUT2D eigenvalue weighted by Crippen LogP contribution is 2.41. The molecule has 3 N–H and O–H groups in total. The Morgan fingerprint density at radius 3 is 1.69 bits per heavy atom. The second-order valence-electron chi connectivity index (χ2n) is 8.96. The molecule has 3 aromatic carbocycles. The zero-order valence-corrected chi connectivity index (χ0v) is 19.2. The summed E-state index contributed by atoms with van der Waals surface area (Å²) in [7, 11) is 0. The van der Waals surface area contributed by atoms with Gasteiger partial charge >= 0.3 is 12.1 Å². The summed E-state index contributed by atoms with van der Waals surface area (Å²) in [6.45, 7) is -0.0144. The van der Waals surface area contributed by atoms with Crippen molar-refractivity contribution in [1.82, 2.24) is 4.90 Å². The molecule has 0 unspecified atom stereocenters. The number of carboxylic acids is 1. The molecule has 0 radical (unpaired) electrons. The molecular formula is C28H29NO6. The Labute approximate surface area is 204 Å². The fourth-order valence-electron chi connectivity index (χ4n) is 5.12. The van der Waals surface area contributed by atoms with Crippen molar-refractivity contribution in [3.63, 3.8) is 0 Å². The molecule has 0 spiro atoms. The van der Waals surface area contributed by atoms with E-state index in [0.717, 1.165) is 16.7 Å². The number of aliphatic hydroxyl groups excluding tert-OH is 1. The van der Waals surface area contributed by atoms with Crippen molar-refractivity contribution in [2.45, 2.75) is 37.2 Å². The van der Waals surface area contributed by atoms with Crippen molar-refractivity contribution in [2.24, 2.45) is 5.92 Å². The molecule has 0 aromatic heterocycles. The van der Waals surface area contributed by atoms with Crippen LogP contribution in [0.1, 0.15) is 16.7 Å². The third-order valence-electron chi connectivity index (χ3n) is 6.71. The first kappa shape index (κ1) is 24.4. The number of ether oxygens (including phenoxy) is 1. The van der Waals surface area contributed by atoms with Gasteiger partial charge in [-0.15, -0.1) is 0 Å². The maximum atomic E-state index is 12.7. The Hall–Kier alpha value is -3.68. The molecule has 1 fully saturated rings. The van der Waals surface area contributed by atoms with Crippen molar-refractivity contribution in [1.29, 1.82) is 0 Å². The predicted octanol–water partition coefficient (Wildman–Crippen LogP) is 3.85. The summed E-state index contributed by atoms with van der Waals surface area (Å²) >= 11 is 0. The SMILES string of the molecule is O=C(O)[C@@H]1[C@@H](O)[C@H](OCc2ccccc2)CN(C(=O)O)C1(Cc1ccccc1)Cc1ccccc1. The van der Waals surface area contributed by atoms with Crippen LogP contribution >= 0.6 is 0 Å². The van der Waals surface area contributed by atoms with Crippen LogP contribution in [0.25, 0.3) is 0 Å². The van der Waals surface area contributed by atoms with Gasteiger partial charge in [-0.25, -0.2) is 4.79 Å². The van der Waals surface area contributed by atoms with E-state index in [1.807, 2.05) is 91.0 Å². The first-order chi connectivity index (χ1) is 16.9. The summed E-state index contributed by atoms with van der Waals surface area (Å²) in [5.41, 5.74) is 0.999. The number of carbonyl (C=O) groups is 2. The normalized spacial score (nSPS) is 21.4. The number of nitrogens with zero attached hydrogens (tertiary/aromatic N) is 1. The second-order valence-corrected chi connectivity index (χ2v) is 8.96. The van der Waals surface area contributed by atoms with Gasteiger partial charge < -0.3 is 20.1 Å². The molecule has 1 aliphatic rings. The standard InChI is InChI=1S/C28H29NO6/c30-25-23(35-19-22-14-8-3-9-15-22)18-29(27(33)34)28(24(25)26(31)32,16-20-10-4-1-5-11-20)17-21-12-6-2-7-13-21/h1-15,23-25,30H,16-19H2,(H,31,32)(H,33,34)/t23-,24+,25+/m1/s1. The number of aliphatic carboxylic acids is 1. The van der Waals surface area contributed by atoms with Crippen molar-refractivity contribution in [3.8, 4) is 0 Å². The van der Waals surface area contributed by atoms with E-state index in [4.69, 9.17) is 4.74 Å². The monoisotopic (exact) mass is 475 g/mol. The first-order valence-corrected chi connectivity index (χ1v) is 11.6. The highest BCUT2D eigenvalue weighted by molar-refractivity contribution is 5.76. The number of aliphatic hydroxyl groups is 1. The van der Waals surface area contributed by atoms with Gasteiger partial charge in [0.05, 0.1) is 24.8 Å². The van der Waals surface area contributed by atoms with Crippen LogP contribution in [0.3, 0.4) is 0 Å². The molecular weight excluding hydrogens is 446 g/mol. The third-order valence-corrected chi connectivity index (χ3v) is 6.71. The van der Waals surface area contributed by atoms with Crippen LogP contribution in [-0.4, -0.2) is 56.6 Å². The summed E-state index contributed by atoms with van der Waals surface area (Å²) in [4.78, 5) is 26.5. The highest BCUT2D eigenvalue weighted by Gasteiger charge is 2.58. The van der Waals surface area contributed by atoms with Crippen molar-refractivity contribution in [2.75, 3.05) is 6.54 Å². The van der Waals surface area contributed by atoms with Crippen LogP contribution in [-0.2, 0) is 29.0 Å². The minimum Gasteiger partial charge on any atom is -0.481 e. The van der Waals surface area contributed by atoms with Crippen LogP contribution in [0.2, 0.25) is 0 Å². The molecule has 1 aliphatic heterocycles. The Morgan fingerprint density at radius 1 is 0.800 bits per heavy atom. The van der Waals surface area contributed by atoms with Gasteiger partial charge in [0.15, 0.2) is 0 Å². The minimum atomic E-state index is -1.42. The van der Waals surface area contributed by atoms with Gasteiger partial charge in [-0.3, -0.25) is 9.69 Å². The smallest absolute Gasteiger partial charge is 0.407 e. The molecule has 4 rings (SSSR count). The largest absolute Gasteiger partial charge is 0.481 e. The molecule has 0 bridgehead atoms. The van der Waals surface area contributed by atoms with E-state index in [1.54, 1.807) is 0 Å². The summed E-state index contributed by atoms with van der Waals surface area (Å²) < 4.78 is 5.92. The van der Waals surface area contributed by atoms with Crippen LogP contribution < -0.4 is 0 Å². The highest BCUT2D eigenvalue weighted by atomic mass is 16.5. The van der Waals surface area contributed by atoms with E-state index in [1.165, 1.54) is 4.90 Å². The zero-order chi connectivity index (χ0) is 24.8.